The smallest absolute Gasteiger partial charge is 0.0275 e. The largest absolute Gasteiger partial charge is 0.0654 e. The van der Waals surface area contributed by atoms with Crippen molar-refractivity contribution >= 4 is 0 Å². The Hall–Kier alpha value is 0. The number of rotatable bonds is 7. The fraction of sp³-hybridized carbons (Fsp3) is 1.00. The third-order valence-electron chi connectivity index (χ3n) is 4.62. The van der Waals surface area contributed by atoms with E-state index < -0.39 is 0 Å². The average Bonchev–Trinajstić information content (AvgIpc) is 2.24. The van der Waals surface area contributed by atoms with Gasteiger partial charge in [-0.2, -0.15) is 0 Å². The van der Waals surface area contributed by atoms with Gasteiger partial charge in [0, 0.05) is 0 Å². The zero-order valence-corrected chi connectivity index (χ0v) is 11.2. The monoisotopic (exact) mass is 198 g/mol. The topological polar surface area (TPSA) is 0 Å². The molecule has 0 amide bonds. The van der Waals surface area contributed by atoms with Crippen molar-refractivity contribution < 1.29 is 0 Å². The van der Waals surface area contributed by atoms with Crippen LogP contribution < -0.4 is 0 Å². The van der Waals surface area contributed by atoms with Crippen LogP contribution in [0.4, 0.5) is 0 Å². The molecule has 0 spiro atoms. The van der Waals surface area contributed by atoms with Crippen LogP contribution in [0.3, 0.4) is 0 Å². The normalized spacial score (nSPS) is 16.7. The van der Waals surface area contributed by atoms with Crippen molar-refractivity contribution in [3.63, 3.8) is 0 Å². The molecule has 0 bridgehead atoms. The third-order valence-corrected chi connectivity index (χ3v) is 4.62. The van der Waals surface area contributed by atoms with E-state index in [0.717, 1.165) is 11.8 Å². The first kappa shape index (κ1) is 14.0. The molecule has 0 fully saturated rings. The van der Waals surface area contributed by atoms with Gasteiger partial charge < -0.3 is 0 Å². The first-order valence-corrected chi connectivity index (χ1v) is 6.57. The van der Waals surface area contributed by atoms with Crippen molar-refractivity contribution in [1.82, 2.24) is 0 Å². The Morgan fingerprint density at radius 1 is 0.929 bits per heavy atom. The van der Waals surface area contributed by atoms with E-state index in [2.05, 4.69) is 41.5 Å². The minimum Gasteiger partial charge on any atom is -0.0654 e. The molecule has 2 unspecified atom stereocenters. The summed E-state index contributed by atoms with van der Waals surface area (Å²) in [5, 5.41) is 0. The van der Waals surface area contributed by atoms with Crippen LogP contribution in [-0.2, 0) is 0 Å². The summed E-state index contributed by atoms with van der Waals surface area (Å²) in [5.74, 6) is 1.75. The summed E-state index contributed by atoms with van der Waals surface area (Å²) in [6.45, 7) is 14.3. The van der Waals surface area contributed by atoms with Gasteiger partial charge in [-0.1, -0.05) is 67.2 Å². The highest BCUT2D eigenvalue weighted by Gasteiger charge is 2.33. The van der Waals surface area contributed by atoms with Gasteiger partial charge in [0.1, 0.15) is 0 Å². The maximum absolute atomic E-state index is 2.47. The standard InChI is InChI=1S/C14H30/c1-7-11-14(9-3,10-4)13(6)12(5)8-2/h12-13H,7-11H2,1-6H3. The SMILES string of the molecule is CCCC(CC)(CC)C(C)C(C)CC. The Bertz CT molecular complexity index is 133. The van der Waals surface area contributed by atoms with E-state index in [-0.39, 0.29) is 0 Å². The zero-order valence-electron chi connectivity index (χ0n) is 11.2. The van der Waals surface area contributed by atoms with E-state index in [1.54, 1.807) is 0 Å². The fourth-order valence-corrected chi connectivity index (χ4v) is 2.93. The van der Waals surface area contributed by atoms with Crippen LogP contribution >= 0.6 is 0 Å². The van der Waals surface area contributed by atoms with Gasteiger partial charge in [-0.15, -0.1) is 0 Å². The predicted octanol–water partition coefficient (Wildman–Crippen LogP) is 5.28. The van der Waals surface area contributed by atoms with E-state index in [1.165, 1.54) is 32.1 Å². The van der Waals surface area contributed by atoms with Gasteiger partial charge >= 0.3 is 0 Å². The molecular formula is C14H30. The van der Waals surface area contributed by atoms with E-state index in [0.29, 0.717) is 5.41 Å². The van der Waals surface area contributed by atoms with Gasteiger partial charge in [0.05, 0.1) is 0 Å². The second-order valence-electron chi connectivity index (χ2n) is 4.99. The molecule has 0 heteroatoms. The maximum atomic E-state index is 2.47. The molecule has 0 heterocycles. The highest BCUT2D eigenvalue weighted by molar-refractivity contribution is 4.84. The lowest BCUT2D eigenvalue weighted by Gasteiger charge is -2.41. The molecule has 0 N–H and O–H groups in total. The van der Waals surface area contributed by atoms with Crippen molar-refractivity contribution in [3.8, 4) is 0 Å². The van der Waals surface area contributed by atoms with Crippen LogP contribution in [0, 0.1) is 17.3 Å². The Morgan fingerprint density at radius 3 is 1.71 bits per heavy atom. The van der Waals surface area contributed by atoms with Crippen LogP contribution in [0.5, 0.6) is 0 Å². The van der Waals surface area contributed by atoms with Crippen LogP contribution in [-0.4, -0.2) is 0 Å². The molecule has 0 aliphatic heterocycles. The lowest BCUT2D eigenvalue weighted by atomic mass is 9.64. The Morgan fingerprint density at radius 2 is 1.43 bits per heavy atom. The van der Waals surface area contributed by atoms with Crippen LogP contribution in [0.1, 0.15) is 73.6 Å². The summed E-state index contributed by atoms with van der Waals surface area (Å²) in [5.41, 5.74) is 0.615. The predicted molar refractivity (Wildman–Crippen MR) is 66.5 cm³/mol. The summed E-state index contributed by atoms with van der Waals surface area (Å²) in [6.07, 6.45) is 6.77. The minimum atomic E-state index is 0.615. The Labute approximate surface area is 91.5 Å². The molecule has 0 nitrogen and oxygen atoms in total. The van der Waals surface area contributed by atoms with Crippen molar-refractivity contribution in [1.29, 1.82) is 0 Å². The quantitative estimate of drug-likeness (QED) is 0.522. The zero-order chi connectivity index (χ0) is 11.2. The van der Waals surface area contributed by atoms with Crippen molar-refractivity contribution in [2.24, 2.45) is 17.3 Å². The summed E-state index contributed by atoms with van der Waals surface area (Å²) in [7, 11) is 0. The summed E-state index contributed by atoms with van der Waals surface area (Å²) in [6, 6.07) is 0. The molecule has 0 aromatic carbocycles. The average molecular weight is 198 g/mol. The molecule has 0 saturated heterocycles. The van der Waals surface area contributed by atoms with Gasteiger partial charge in [-0.25, -0.2) is 0 Å². The molecule has 0 aliphatic rings. The first-order valence-electron chi connectivity index (χ1n) is 6.57. The van der Waals surface area contributed by atoms with Gasteiger partial charge in [0.15, 0.2) is 0 Å². The lowest BCUT2D eigenvalue weighted by Crippen LogP contribution is -2.31. The molecule has 0 aromatic heterocycles. The lowest BCUT2D eigenvalue weighted by molar-refractivity contribution is 0.0931. The Balaban J connectivity index is 4.59. The molecule has 0 radical (unpaired) electrons. The molecular weight excluding hydrogens is 168 g/mol. The van der Waals surface area contributed by atoms with Crippen molar-refractivity contribution in [2.75, 3.05) is 0 Å². The van der Waals surface area contributed by atoms with Gasteiger partial charge in [-0.3, -0.25) is 0 Å². The molecule has 14 heavy (non-hydrogen) atoms. The molecule has 0 aromatic rings. The fourth-order valence-electron chi connectivity index (χ4n) is 2.93. The number of hydrogen-bond donors (Lipinski definition) is 0. The molecule has 86 valence electrons. The van der Waals surface area contributed by atoms with Gasteiger partial charge in [0.2, 0.25) is 0 Å². The molecule has 2 atom stereocenters. The molecule has 0 aliphatic carbocycles. The van der Waals surface area contributed by atoms with Gasteiger partial charge in [-0.05, 0) is 23.7 Å². The summed E-state index contributed by atoms with van der Waals surface area (Å²) < 4.78 is 0. The van der Waals surface area contributed by atoms with Crippen molar-refractivity contribution in [2.45, 2.75) is 73.6 Å². The number of hydrogen-bond acceptors (Lipinski definition) is 0. The van der Waals surface area contributed by atoms with Crippen LogP contribution in [0.2, 0.25) is 0 Å². The summed E-state index contributed by atoms with van der Waals surface area (Å²) >= 11 is 0. The minimum absolute atomic E-state index is 0.615. The second kappa shape index (κ2) is 6.48. The van der Waals surface area contributed by atoms with Crippen LogP contribution in [0.15, 0.2) is 0 Å². The van der Waals surface area contributed by atoms with Crippen LogP contribution in [0.25, 0.3) is 0 Å². The van der Waals surface area contributed by atoms with E-state index in [4.69, 9.17) is 0 Å². The second-order valence-corrected chi connectivity index (χ2v) is 4.99. The van der Waals surface area contributed by atoms with Gasteiger partial charge in [0.25, 0.3) is 0 Å². The van der Waals surface area contributed by atoms with E-state index >= 15 is 0 Å². The molecule has 0 rings (SSSR count). The Kier molecular flexibility index (Phi) is 6.48. The van der Waals surface area contributed by atoms with Crippen molar-refractivity contribution in [3.05, 3.63) is 0 Å². The van der Waals surface area contributed by atoms with E-state index in [1.807, 2.05) is 0 Å². The molecule has 0 saturated carbocycles. The maximum Gasteiger partial charge on any atom is -0.0275 e. The first-order chi connectivity index (χ1) is 6.57. The van der Waals surface area contributed by atoms with E-state index in [9.17, 15) is 0 Å². The summed E-state index contributed by atoms with van der Waals surface area (Å²) in [4.78, 5) is 0. The highest BCUT2D eigenvalue weighted by atomic mass is 14.4. The highest BCUT2D eigenvalue weighted by Crippen LogP contribution is 2.43. The third kappa shape index (κ3) is 3.00.